The number of aliphatic hydroxyl groups excluding tert-OH is 1. The molecule has 0 aromatic rings. The van der Waals surface area contributed by atoms with Crippen molar-refractivity contribution in [1.29, 1.82) is 0 Å². The predicted molar refractivity (Wildman–Crippen MR) is 36.0 cm³/mol. The molecule has 3 nitrogen and oxygen atoms in total. The van der Waals surface area contributed by atoms with Crippen molar-refractivity contribution in [2.75, 3.05) is 26.2 Å². The molecule has 0 saturated carbocycles. The third-order valence-electron chi connectivity index (χ3n) is 2.02. The molecule has 4 N–H and O–H groups in total. The third-order valence-corrected chi connectivity index (χ3v) is 2.02. The molecule has 1 fully saturated rings. The van der Waals surface area contributed by atoms with E-state index in [1.54, 1.807) is 0 Å². The maximum absolute atomic E-state index is 8.75. The number of hydrogen-bond donors (Lipinski definition) is 3. The number of nitrogens with one attached hydrogen (secondary N) is 1. The smallest absolute Gasteiger partial charge is 0.0474 e. The maximum Gasteiger partial charge on any atom is 0.0474 e. The molecule has 1 aliphatic rings. The minimum Gasteiger partial charge on any atom is -0.396 e. The van der Waals surface area contributed by atoms with Gasteiger partial charge < -0.3 is 16.2 Å². The fraction of sp³-hybridized carbons (Fsp3) is 1.00. The van der Waals surface area contributed by atoms with Crippen molar-refractivity contribution in [2.24, 2.45) is 17.6 Å². The van der Waals surface area contributed by atoms with Gasteiger partial charge in [-0.05, 0) is 31.5 Å². The summed E-state index contributed by atoms with van der Waals surface area (Å²) >= 11 is 0. The standard InChI is InChI=1S/C6H14N2O/c7-1-5(4-9)6-2-8-3-6/h5-6,8-9H,1-4,7H2. The molecule has 54 valence electrons. The van der Waals surface area contributed by atoms with Crippen LogP contribution in [-0.2, 0) is 0 Å². The van der Waals surface area contributed by atoms with Gasteiger partial charge in [-0.3, -0.25) is 0 Å². The van der Waals surface area contributed by atoms with Gasteiger partial charge in [0.1, 0.15) is 0 Å². The zero-order chi connectivity index (χ0) is 6.69. The van der Waals surface area contributed by atoms with E-state index in [1.165, 1.54) is 0 Å². The van der Waals surface area contributed by atoms with E-state index < -0.39 is 0 Å². The number of hydrogen-bond acceptors (Lipinski definition) is 3. The number of nitrogens with two attached hydrogens (primary N) is 1. The van der Waals surface area contributed by atoms with Crippen LogP contribution in [0, 0.1) is 11.8 Å². The first-order valence-electron chi connectivity index (χ1n) is 3.40. The van der Waals surface area contributed by atoms with Gasteiger partial charge in [-0.1, -0.05) is 0 Å². The summed E-state index contributed by atoms with van der Waals surface area (Å²) in [6.07, 6.45) is 0. The summed E-state index contributed by atoms with van der Waals surface area (Å²) in [4.78, 5) is 0. The van der Waals surface area contributed by atoms with Crippen molar-refractivity contribution in [3.8, 4) is 0 Å². The summed E-state index contributed by atoms with van der Waals surface area (Å²) in [7, 11) is 0. The monoisotopic (exact) mass is 130 g/mol. The molecule has 9 heavy (non-hydrogen) atoms. The second kappa shape index (κ2) is 3.15. The highest BCUT2D eigenvalue weighted by atomic mass is 16.3. The molecule has 0 bridgehead atoms. The maximum atomic E-state index is 8.75. The zero-order valence-electron chi connectivity index (χ0n) is 5.51. The first-order chi connectivity index (χ1) is 4.38. The van der Waals surface area contributed by atoms with E-state index in [0.29, 0.717) is 18.4 Å². The molecule has 1 aliphatic heterocycles. The van der Waals surface area contributed by atoms with Crippen LogP contribution in [0.4, 0.5) is 0 Å². The second-order valence-electron chi connectivity index (χ2n) is 2.60. The van der Waals surface area contributed by atoms with Crippen molar-refractivity contribution >= 4 is 0 Å². The highest BCUT2D eigenvalue weighted by Gasteiger charge is 2.24. The van der Waals surface area contributed by atoms with Crippen LogP contribution in [0.1, 0.15) is 0 Å². The van der Waals surface area contributed by atoms with Crippen LogP contribution in [0.2, 0.25) is 0 Å². The van der Waals surface area contributed by atoms with E-state index in [-0.39, 0.29) is 6.61 Å². The largest absolute Gasteiger partial charge is 0.396 e. The first-order valence-corrected chi connectivity index (χ1v) is 3.40. The molecular weight excluding hydrogens is 116 g/mol. The van der Waals surface area contributed by atoms with Gasteiger partial charge in [0, 0.05) is 6.61 Å². The van der Waals surface area contributed by atoms with E-state index >= 15 is 0 Å². The quantitative estimate of drug-likeness (QED) is 0.448. The molecule has 1 unspecified atom stereocenters. The Bertz CT molecular complexity index is 79.1. The molecule has 0 aliphatic carbocycles. The second-order valence-corrected chi connectivity index (χ2v) is 2.60. The minimum absolute atomic E-state index is 0.239. The SMILES string of the molecule is NCC(CO)C1CNC1. The van der Waals surface area contributed by atoms with Crippen LogP contribution >= 0.6 is 0 Å². The fourth-order valence-corrected chi connectivity index (χ4v) is 1.06. The van der Waals surface area contributed by atoms with Crippen LogP contribution in [-0.4, -0.2) is 31.3 Å². The van der Waals surface area contributed by atoms with Gasteiger partial charge in [0.15, 0.2) is 0 Å². The Kier molecular flexibility index (Phi) is 2.45. The van der Waals surface area contributed by atoms with Gasteiger partial charge in [-0.15, -0.1) is 0 Å². The van der Waals surface area contributed by atoms with Gasteiger partial charge in [0.05, 0.1) is 0 Å². The Morgan fingerprint density at radius 2 is 2.33 bits per heavy atom. The van der Waals surface area contributed by atoms with Crippen molar-refractivity contribution in [3.05, 3.63) is 0 Å². The number of aliphatic hydroxyl groups is 1. The highest BCUT2D eigenvalue weighted by molar-refractivity contribution is 4.81. The molecule has 1 rings (SSSR count). The van der Waals surface area contributed by atoms with Gasteiger partial charge in [-0.25, -0.2) is 0 Å². The predicted octanol–water partition coefficient (Wildman–Crippen LogP) is -1.23. The lowest BCUT2D eigenvalue weighted by Gasteiger charge is -2.32. The third kappa shape index (κ3) is 1.41. The van der Waals surface area contributed by atoms with Crippen LogP contribution in [0.15, 0.2) is 0 Å². The van der Waals surface area contributed by atoms with Crippen molar-refractivity contribution in [1.82, 2.24) is 5.32 Å². The normalized spacial score (nSPS) is 23.3. The van der Waals surface area contributed by atoms with Gasteiger partial charge in [0.2, 0.25) is 0 Å². The van der Waals surface area contributed by atoms with Gasteiger partial charge in [0.25, 0.3) is 0 Å². The fourth-order valence-electron chi connectivity index (χ4n) is 1.06. The van der Waals surface area contributed by atoms with Crippen LogP contribution in [0.3, 0.4) is 0 Å². The summed E-state index contributed by atoms with van der Waals surface area (Å²) in [6, 6.07) is 0. The molecule has 0 spiro atoms. The lowest BCUT2D eigenvalue weighted by atomic mass is 9.88. The van der Waals surface area contributed by atoms with Crippen LogP contribution in [0.5, 0.6) is 0 Å². The van der Waals surface area contributed by atoms with E-state index in [1.807, 2.05) is 0 Å². The molecule has 1 atom stereocenters. The molecule has 0 amide bonds. The summed E-state index contributed by atoms with van der Waals surface area (Å²) in [6.45, 7) is 2.91. The van der Waals surface area contributed by atoms with E-state index in [4.69, 9.17) is 10.8 Å². The van der Waals surface area contributed by atoms with E-state index in [0.717, 1.165) is 13.1 Å². The first kappa shape index (κ1) is 6.99. The minimum atomic E-state index is 0.239. The Morgan fingerprint density at radius 3 is 2.44 bits per heavy atom. The zero-order valence-corrected chi connectivity index (χ0v) is 5.51. The van der Waals surface area contributed by atoms with Crippen molar-refractivity contribution < 1.29 is 5.11 Å². The Labute approximate surface area is 55.2 Å². The van der Waals surface area contributed by atoms with Gasteiger partial charge >= 0.3 is 0 Å². The van der Waals surface area contributed by atoms with E-state index in [2.05, 4.69) is 5.32 Å². The average molecular weight is 130 g/mol. The summed E-state index contributed by atoms with van der Waals surface area (Å²) in [5, 5.41) is 11.9. The lowest BCUT2D eigenvalue weighted by molar-refractivity contribution is 0.144. The molecule has 0 aromatic carbocycles. The molecule has 1 heterocycles. The lowest BCUT2D eigenvalue weighted by Crippen LogP contribution is -2.49. The molecular formula is C6H14N2O. The van der Waals surface area contributed by atoms with Crippen molar-refractivity contribution in [2.45, 2.75) is 0 Å². The molecule has 1 saturated heterocycles. The van der Waals surface area contributed by atoms with Gasteiger partial charge in [-0.2, -0.15) is 0 Å². The molecule has 3 heteroatoms. The van der Waals surface area contributed by atoms with E-state index in [9.17, 15) is 0 Å². The summed E-state index contributed by atoms with van der Waals surface area (Å²) in [5.41, 5.74) is 5.41. The molecule has 0 radical (unpaired) electrons. The van der Waals surface area contributed by atoms with Crippen molar-refractivity contribution in [3.63, 3.8) is 0 Å². The highest BCUT2D eigenvalue weighted by Crippen LogP contribution is 2.13. The topological polar surface area (TPSA) is 58.3 Å². The van der Waals surface area contributed by atoms with Crippen LogP contribution < -0.4 is 11.1 Å². The Balaban J connectivity index is 2.19. The Morgan fingerprint density at radius 1 is 1.67 bits per heavy atom. The Hall–Kier alpha value is -0.120. The summed E-state index contributed by atoms with van der Waals surface area (Å²) in [5.74, 6) is 0.950. The van der Waals surface area contributed by atoms with Crippen LogP contribution in [0.25, 0.3) is 0 Å². The average Bonchev–Trinajstić information content (AvgIpc) is 1.78. The molecule has 0 aromatic heterocycles. The summed E-state index contributed by atoms with van der Waals surface area (Å²) < 4.78 is 0. The number of rotatable bonds is 3.